The Hall–Kier alpha value is -3.27. The summed E-state index contributed by atoms with van der Waals surface area (Å²) in [6, 6.07) is 6.13. The maximum Gasteiger partial charge on any atom is 0.238 e. The fourth-order valence-corrected chi connectivity index (χ4v) is 3.27. The van der Waals surface area contributed by atoms with E-state index in [-0.39, 0.29) is 17.8 Å². The molecule has 0 amide bonds. The molecule has 0 bridgehead atoms. The Kier molecular flexibility index (Phi) is 5.26. The quantitative estimate of drug-likeness (QED) is 0.697. The molecular formula is C19H23FN8O. The molecule has 0 saturated carbocycles. The van der Waals surface area contributed by atoms with Gasteiger partial charge < -0.3 is 19.9 Å². The van der Waals surface area contributed by atoms with Gasteiger partial charge in [-0.1, -0.05) is 12.1 Å². The molecule has 2 aromatic heterocycles. The molecule has 1 aliphatic heterocycles. The zero-order valence-corrected chi connectivity index (χ0v) is 16.4. The Bertz CT molecular complexity index is 971. The number of aryl methyl sites for hydroxylation is 1. The molecular weight excluding hydrogens is 375 g/mol. The molecule has 0 unspecified atom stereocenters. The summed E-state index contributed by atoms with van der Waals surface area (Å²) in [5.74, 6) is 1.38. The maximum absolute atomic E-state index is 13.4. The lowest BCUT2D eigenvalue weighted by Gasteiger charge is -2.30. The third-order valence-corrected chi connectivity index (χ3v) is 4.82. The zero-order valence-electron chi connectivity index (χ0n) is 16.4. The number of nitrogens with two attached hydrogens (primary N) is 1. The van der Waals surface area contributed by atoms with Gasteiger partial charge in [0.2, 0.25) is 17.8 Å². The molecule has 1 atom stereocenters. The van der Waals surface area contributed by atoms with E-state index in [2.05, 4.69) is 19.9 Å². The van der Waals surface area contributed by atoms with Crippen LogP contribution in [0.25, 0.3) is 0 Å². The van der Waals surface area contributed by atoms with Gasteiger partial charge in [-0.2, -0.15) is 15.0 Å². The lowest BCUT2D eigenvalue weighted by molar-refractivity contribution is 0.122. The zero-order chi connectivity index (χ0) is 20.4. The van der Waals surface area contributed by atoms with Crippen molar-refractivity contribution in [3.05, 3.63) is 48.2 Å². The summed E-state index contributed by atoms with van der Waals surface area (Å²) in [5.41, 5.74) is 6.92. The lowest BCUT2D eigenvalue weighted by atomic mass is 10.1. The molecule has 0 spiro atoms. The number of ether oxygens (including phenoxy) is 1. The summed E-state index contributed by atoms with van der Waals surface area (Å²) >= 11 is 0. The second-order valence-corrected chi connectivity index (χ2v) is 6.89. The molecule has 1 fully saturated rings. The molecule has 0 aliphatic carbocycles. The number of morpholine rings is 1. The van der Waals surface area contributed by atoms with E-state index in [0.717, 1.165) is 5.56 Å². The van der Waals surface area contributed by atoms with Crippen LogP contribution in [0, 0.1) is 5.82 Å². The topological polar surface area (TPSA) is 98.2 Å². The summed E-state index contributed by atoms with van der Waals surface area (Å²) in [6.07, 6.45) is 3.57. The van der Waals surface area contributed by atoms with E-state index >= 15 is 0 Å². The first-order valence-electron chi connectivity index (χ1n) is 9.38. The van der Waals surface area contributed by atoms with Crippen LogP contribution in [-0.2, 0) is 11.8 Å². The smallest absolute Gasteiger partial charge is 0.238 e. The predicted octanol–water partition coefficient (Wildman–Crippen LogP) is 2.06. The van der Waals surface area contributed by atoms with Crippen molar-refractivity contribution in [2.24, 2.45) is 7.05 Å². The molecule has 1 aliphatic rings. The van der Waals surface area contributed by atoms with Crippen molar-refractivity contribution in [2.45, 2.75) is 13.0 Å². The number of imidazole rings is 1. The highest BCUT2D eigenvalue weighted by Gasteiger charge is 2.25. The summed E-state index contributed by atoms with van der Waals surface area (Å²) in [5, 5.41) is 0. The van der Waals surface area contributed by atoms with Gasteiger partial charge >= 0.3 is 0 Å². The minimum atomic E-state index is -0.288. The second kappa shape index (κ2) is 8.00. The van der Waals surface area contributed by atoms with Crippen molar-refractivity contribution in [3.8, 4) is 0 Å². The van der Waals surface area contributed by atoms with E-state index in [1.165, 1.54) is 12.1 Å². The molecule has 3 heterocycles. The van der Waals surface area contributed by atoms with Gasteiger partial charge in [0.1, 0.15) is 5.82 Å². The number of benzene rings is 1. The van der Waals surface area contributed by atoms with Crippen molar-refractivity contribution in [3.63, 3.8) is 0 Å². The largest absolute Gasteiger partial charge is 0.378 e. The third kappa shape index (κ3) is 4.11. The average Bonchev–Trinajstić information content (AvgIpc) is 3.14. The number of halogens is 1. The molecule has 10 heteroatoms. The van der Waals surface area contributed by atoms with E-state index in [1.807, 2.05) is 34.5 Å². The monoisotopic (exact) mass is 398 g/mol. The van der Waals surface area contributed by atoms with Crippen molar-refractivity contribution in [1.29, 1.82) is 0 Å². The summed E-state index contributed by atoms with van der Waals surface area (Å²) in [4.78, 5) is 21.7. The fourth-order valence-electron chi connectivity index (χ4n) is 3.27. The van der Waals surface area contributed by atoms with Gasteiger partial charge in [0.15, 0.2) is 5.82 Å². The van der Waals surface area contributed by atoms with Crippen LogP contribution in [0.15, 0.2) is 36.8 Å². The Balaban J connectivity index is 1.76. The van der Waals surface area contributed by atoms with Gasteiger partial charge in [0.25, 0.3) is 0 Å². The third-order valence-electron chi connectivity index (χ3n) is 4.82. The minimum absolute atomic E-state index is 0.128. The highest BCUT2D eigenvalue weighted by atomic mass is 19.1. The van der Waals surface area contributed by atoms with Crippen LogP contribution >= 0.6 is 0 Å². The highest BCUT2D eigenvalue weighted by molar-refractivity contribution is 5.57. The van der Waals surface area contributed by atoms with Gasteiger partial charge in [-0.25, -0.2) is 9.37 Å². The predicted molar refractivity (Wildman–Crippen MR) is 107 cm³/mol. The number of nitrogen functional groups attached to an aromatic ring is 1. The van der Waals surface area contributed by atoms with Gasteiger partial charge in [-0.15, -0.1) is 0 Å². The molecule has 9 nitrogen and oxygen atoms in total. The van der Waals surface area contributed by atoms with Crippen LogP contribution in [0.2, 0.25) is 0 Å². The second-order valence-electron chi connectivity index (χ2n) is 6.89. The highest BCUT2D eigenvalue weighted by Crippen LogP contribution is 2.32. The molecule has 4 rings (SSSR count). The molecule has 1 saturated heterocycles. The first-order chi connectivity index (χ1) is 14.0. The SMILES string of the molecule is C[C@@H](c1ccc(F)cc1)N(c1cn(C)cn1)c1nc(N)nc(N2CCOCC2)n1. The minimum Gasteiger partial charge on any atom is -0.378 e. The number of anilines is 4. The molecule has 3 aromatic rings. The van der Waals surface area contributed by atoms with Gasteiger partial charge in [0, 0.05) is 26.3 Å². The van der Waals surface area contributed by atoms with Gasteiger partial charge in [-0.05, 0) is 24.6 Å². The Morgan fingerprint density at radius 1 is 1.14 bits per heavy atom. The van der Waals surface area contributed by atoms with E-state index in [9.17, 15) is 4.39 Å². The van der Waals surface area contributed by atoms with Crippen molar-refractivity contribution in [2.75, 3.05) is 41.8 Å². The summed E-state index contributed by atoms with van der Waals surface area (Å²) < 4.78 is 20.7. The van der Waals surface area contributed by atoms with Crippen molar-refractivity contribution >= 4 is 23.7 Å². The lowest BCUT2D eigenvalue weighted by Crippen LogP contribution is -2.38. The molecule has 0 radical (unpaired) electrons. The van der Waals surface area contributed by atoms with E-state index in [1.54, 1.807) is 18.5 Å². The summed E-state index contributed by atoms with van der Waals surface area (Å²) in [6.45, 7) is 4.56. The van der Waals surface area contributed by atoms with Crippen molar-refractivity contribution in [1.82, 2.24) is 24.5 Å². The van der Waals surface area contributed by atoms with Crippen LogP contribution in [0.5, 0.6) is 0 Å². The average molecular weight is 398 g/mol. The van der Waals surface area contributed by atoms with Gasteiger partial charge in [-0.3, -0.25) is 4.90 Å². The fraction of sp³-hybridized carbons (Fsp3) is 0.368. The molecule has 1 aromatic carbocycles. The standard InChI is InChI=1S/C19H23FN8O/c1-13(14-3-5-15(20)6-4-14)28(16-11-26(2)12-22-16)19-24-17(21)23-18(25-19)27-7-9-29-10-8-27/h3-6,11-13H,7-10H2,1-2H3,(H2,21,23,24,25)/t13-/m0/s1. The van der Waals surface area contributed by atoms with Crippen LogP contribution in [0.4, 0.5) is 28.1 Å². The van der Waals surface area contributed by atoms with Crippen LogP contribution in [0.3, 0.4) is 0 Å². The van der Waals surface area contributed by atoms with Crippen LogP contribution < -0.4 is 15.5 Å². The summed E-state index contributed by atoms with van der Waals surface area (Å²) in [7, 11) is 1.89. The number of nitrogens with zero attached hydrogens (tertiary/aromatic N) is 7. The van der Waals surface area contributed by atoms with E-state index in [4.69, 9.17) is 10.5 Å². The normalized spacial score (nSPS) is 15.3. The Labute approximate surface area is 168 Å². The molecule has 152 valence electrons. The number of hydrogen-bond donors (Lipinski definition) is 1. The van der Waals surface area contributed by atoms with Gasteiger partial charge in [0.05, 0.1) is 25.6 Å². The molecule has 29 heavy (non-hydrogen) atoms. The number of hydrogen-bond acceptors (Lipinski definition) is 8. The Morgan fingerprint density at radius 3 is 2.52 bits per heavy atom. The first-order valence-corrected chi connectivity index (χ1v) is 9.38. The van der Waals surface area contributed by atoms with E-state index in [0.29, 0.717) is 44.0 Å². The van der Waals surface area contributed by atoms with E-state index < -0.39 is 0 Å². The number of rotatable bonds is 5. The Morgan fingerprint density at radius 2 is 1.86 bits per heavy atom. The maximum atomic E-state index is 13.4. The van der Waals surface area contributed by atoms with Crippen LogP contribution in [-0.4, -0.2) is 50.8 Å². The van der Waals surface area contributed by atoms with Crippen molar-refractivity contribution < 1.29 is 9.13 Å². The first kappa shape index (κ1) is 19.1. The van der Waals surface area contributed by atoms with Crippen LogP contribution in [0.1, 0.15) is 18.5 Å². The molecule has 2 N–H and O–H groups in total. The number of aromatic nitrogens is 5.